The van der Waals surface area contributed by atoms with E-state index in [1.165, 1.54) is 66.1 Å². The van der Waals surface area contributed by atoms with Gasteiger partial charge in [-0.2, -0.15) is 4.98 Å². The first-order chi connectivity index (χ1) is 52.3. The summed E-state index contributed by atoms with van der Waals surface area (Å²) in [5, 5.41) is 28.7. The number of piperidine rings is 4. The first-order valence-corrected chi connectivity index (χ1v) is 38.8. The molecule has 14 rings (SSSR count). The van der Waals surface area contributed by atoms with Gasteiger partial charge in [0.05, 0.1) is 46.9 Å². The normalized spacial score (nSPS) is 16.1. The maximum atomic E-state index is 13.1. The number of hydrogen-bond acceptors (Lipinski definition) is 21. The van der Waals surface area contributed by atoms with Crippen molar-refractivity contribution < 1.29 is 33.3 Å². The number of nitro benzene ring substituents is 2. The summed E-state index contributed by atoms with van der Waals surface area (Å²) >= 11 is 26.5. The number of halogens is 5. The molecule has 24 nitrogen and oxygen atoms in total. The molecule has 6 aliphatic heterocycles. The highest BCUT2D eigenvalue weighted by atomic mass is 35.5. The van der Waals surface area contributed by atoms with Gasteiger partial charge in [-0.25, -0.2) is 9.37 Å². The lowest BCUT2D eigenvalue weighted by molar-refractivity contribution is -0.385. The fraction of sp³-hybridized carbons (Fsp3) is 0.392. The molecule has 0 aliphatic carbocycles. The van der Waals surface area contributed by atoms with E-state index < -0.39 is 10.7 Å². The number of nitrogens with one attached hydrogen (secondary N) is 2. The molecule has 0 bridgehead atoms. The summed E-state index contributed by atoms with van der Waals surface area (Å²) in [6.45, 7) is 8.85. The fourth-order valence-corrected chi connectivity index (χ4v) is 14.9. The third kappa shape index (κ3) is 23.6. The molecule has 0 saturated carbocycles. The molecular weight excluding hydrogens is 1490 g/mol. The van der Waals surface area contributed by atoms with Crippen molar-refractivity contribution in [2.24, 2.45) is 0 Å². The number of nitrogens with zero attached hydrogens (tertiary/aromatic N) is 13. The molecule has 109 heavy (non-hydrogen) atoms. The van der Waals surface area contributed by atoms with Crippen LogP contribution in [0, 0.1) is 26.0 Å². The van der Waals surface area contributed by atoms with Crippen LogP contribution in [0.4, 0.5) is 61.5 Å². The molecule has 4 N–H and O–H groups in total. The van der Waals surface area contributed by atoms with Crippen molar-refractivity contribution in [2.45, 2.75) is 80.4 Å². The van der Waals surface area contributed by atoms with Crippen LogP contribution in [-0.2, 0) is 0 Å². The number of hydrogen-bond donors (Lipinski definition) is 3. The van der Waals surface area contributed by atoms with Gasteiger partial charge in [-0.1, -0.05) is 58.5 Å². The molecule has 0 atom stereocenters. The molecule has 30 heteroatoms. The SMILES string of the molecule is CN(C)C1CCN(c2ccc(N)cc2)CC1.CN(C)C1CCN(c2ccc(Nc3ncc4c(n3)OCN(c3c(Cl)cccc3Cl)C4=O)cc2)CC1.CN(C)C1CCN(c2ccc([N+](=O)[O-])cc2)CC1.CN(C)C1CCNCC1.CSc1ccc2c(c1)OCN(c1c(Cl)cccc1Cl)C2=O.O=[N+]([O-])c1ccc(F)cc1. The Labute approximate surface area is 662 Å². The quantitative estimate of drug-likeness (QED) is 0.0396. The van der Waals surface area contributed by atoms with E-state index in [1.54, 1.807) is 66.4 Å². The summed E-state index contributed by atoms with van der Waals surface area (Å²) in [6, 6.07) is 46.2. The highest BCUT2D eigenvalue weighted by Gasteiger charge is 2.33. The van der Waals surface area contributed by atoms with Crippen LogP contribution in [0.3, 0.4) is 0 Å². The molecule has 8 aromatic rings. The summed E-state index contributed by atoms with van der Waals surface area (Å²) in [6.07, 6.45) is 13.2. The van der Waals surface area contributed by atoms with E-state index in [-0.39, 0.29) is 53.0 Å². The molecule has 4 fully saturated rings. The molecule has 0 spiro atoms. The summed E-state index contributed by atoms with van der Waals surface area (Å²) in [4.78, 5) is 74.3. The Balaban J connectivity index is 0.000000160. The first kappa shape index (κ1) is 84.2. The number of anilines is 8. The fourth-order valence-electron chi connectivity index (χ4n) is 13.3. The van der Waals surface area contributed by atoms with Gasteiger partial charge in [0.25, 0.3) is 23.2 Å². The van der Waals surface area contributed by atoms with Crippen molar-refractivity contribution in [3.05, 3.63) is 215 Å². The summed E-state index contributed by atoms with van der Waals surface area (Å²) in [5.41, 5.74) is 12.7. The second kappa shape index (κ2) is 40.8. The molecule has 7 aromatic carbocycles. The third-order valence-electron chi connectivity index (χ3n) is 19.8. The maximum absolute atomic E-state index is 13.1. The van der Waals surface area contributed by atoms with Crippen molar-refractivity contribution in [3.63, 3.8) is 0 Å². The number of amides is 2. The molecule has 0 unspecified atom stereocenters. The highest BCUT2D eigenvalue weighted by Crippen LogP contribution is 2.40. The van der Waals surface area contributed by atoms with Crippen molar-refractivity contribution in [1.29, 1.82) is 0 Å². The number of fused-ring (bicyclic) bond motifs is 2. The molecule has 4 saturated heterocycles. The number of thioether (sulfide) groups is 1. The minimum absolute atomic E-state index is 0.0506. The molecule has 582 valence electrons. The van der Waals surface area contributed by atoms with Crippen molar-refractivity contribution in [3.8, 4) is 11.6 Å². The van der Waals surface area contributed by atoms with Crippen LogP contribution in [-0.4, -0.2) is 204 Å². The van der Waals surface area contributed by atoms with Gasteiger partial charge in [0.1, 0.15) is 17.1 Å². The van der Waals surface area contributed by atoms with Crippen molar-refractivity contribution in [1.82, 2.24) is 34.9 Å². The van der Waals surface area contributed by atoms with Gasteiger partial charge < -0.3 is 60.1 Å². The van der Waals surface area contributed by atoms with Gasteiger partial charge in [-0.05, 0) is 242 Å². The molecule has 2 amide bonds. The van der Waals surface area contributed by atoms with Gasteiger partial charge in [0.2, 0.25) is 11.8 Å². The number of nitrogens with two attached hydrogens (primary N) is 1. The Hall–Kier alpha value is -8.80. The zero-order valence-corrected chi connectivity index (χ0v) is 66.8. The Kier molecular flexibility index (Phi) is 31.5. The van der Waals surface area contributed by atoms with Crippen LogP contribution in [0.1, 0.15) is 72.1 Å². The van der Waals surface area contributed by atoms with Crippen molar-refractivity contribution in [2.75, 3.05) is 164 Å². The number of carbonyl (C=O) groups is 2. The summed E-state index contributed by atoms with van der Waals surface area (Å²) in [5.74, 6) is 0.193. The minimum atomic E-state index is -0.570. The molecule has 1 aromatic heterocycles. The first-order valence-electron chi connectivity index (χ1n) is 36.1. The molecular formula is C79H97Cl4FN16O8S. The number of aromatic nitrogens is 2. The van der Waals surface area contributed by atoms with Gasteiger partial charge in [-0.15, -0.1) is 11.8 Å². The van der Waals surface area contributed by atoms with Crippen LogP contribution >= 0.6 is 58.2 Å². The minimum Gasteiger partial charge on any atom is -0.472 e. The molecule has 6 aliphatic rings. The van der Waals surface area contributed by atoms with Crippen LogP contribution in [0.2, 0.25) is 20.1 Å². The average Bonchev–Trinajstić information content (AvgIpc) is 0.782. The predicted octanol–water partition coefficient (Wildman–Crippen LogP) is 15.7. The molecule has 0 radical (unpaired) electrons. The standard InChI is InChI=1S/C25H26Cl2N6O2.C15H11Cl2NO2S.C13H19N3O2.C13H21N3.C7H16N2.C6H4FNO2/c1-31(2)17-10-12-32(13-11-17)18-8-6-16(7-9-18)29-25-28-14-19-23(30-25)35-15-33(24(19)34)22-20(26)4-3-5-21(22)27;1-21-9-5-6-10-13(7-9)20-8-18(15(10)19)14-11(16)3-2-4-12(14)17;1-14(2)11-7-9-15(10-8-11)12-3-5-13(6-4-12)16(17)18;1-15(2)12-7-9-16(10-8-12)13-5-3-11(14)4-6-13;1-9(2)7-3-5-8-6-4-7;7-5-1-3-6(4-2-5)8(9)10/h3-9,14,17H,10-13,15H2,1-2H3,(H,28,29,30);2-7H,8H2,1H3;3-6,11H,7-10H2,1-2H3;3-6,12H,7-10,14H2,1-2H3;7-8H,3-6H2,1-2H3;1-4H. The number of carbonyl (C=O) groups excluding carboxylic acids is 2. The number of nitro groups is 2. The summed E-state index contributed by atoms with van der Waals surface area (Å²) < 4.78 is 23.6. The Morgan fingerprint density at radius 1 is 0.532 bits per heavy atom. The topological polar surface area (TPSA) is 244 Å². The number of ether oxygens (including phenoxy) is 2. The zero-order chi connectivity index (χ0) is 78.4. The van der Waals surface area contributed by atoms with Gasteiger partial charge in [0, 0.05) is 127 Å². The smallest absolute Gasteiger partial charge is 0.269 e. The van der Waals surface area contributed by atoms with E-state index in [1.807, 2.05) is 54.8 Å². The summed E-state index contributed by atoms with van der Waals surface area (Å²) in [7, 11) is 17.2. The number of para-hydroxylation sites is 2. The van der Waals surface area contributed by atoms with E-state index in [4.69, 9.17) is 61.6 Å². The van der Waals surface area contributed by atoms with E-state index in [0.29, 0.717) is 60.8 Å². The number of nitrogen functional groups attached to an aromatic ring is 1. The average molecular weight is 1590 g/mol. The zero-order valence-electron chi connectivity index (χ0n) is 63.0. The van der Waals surface area contributed by atoms with E-state index in [2.05, 4.69) is 136 Å². The van der Waals surface area contributed by atoms with Crippen LogP contribution in [0.5, 0.6) is 11.6 Å². The Morgan fingerprint density at radius 3 is 1.32 bits per heavy atom. The molecule has 7 heterocycles. The van der Waals surface area contributed by atoms with Crippen LogP contribution in [0.25, 0.3) is 0 Å². The van der Waals surface area contributed by atoms with Gasteiger partial charge in [-0.3, -0.25) is 39.6 Å². The maximum Gasteiger partial charge on any atom is 0.269 e. The third-order valence-corrected chi connectivity index (χ3v) is 21.8. The predicted molar refractivity (Wildman–Crippen MR) is 441 cm³/mol. The second-order valence-corrected chi connectivity index (χ2v) is 30.2. The van der Waals surface area contributed by atoms with Crippen LogP contribution in [0.15, 0.2) is 163 Å². The number of rotatable bonds is 14. The van der Waals surface area contributed by atoms with Gasteiger partial charge >= 0.3 is 0 Å². The largest absolute Gasteiger partial charge is 0.472 e. The van der Waals surface area contributed by atoms with E-state index in [9.17, 15) is 34.2 Å². The van der Waals surface area contributed by atoms with Crippen LogP contribution < -0.4 is 50.3 Å². The lowest BCUT2D eigenvalue weighted by Gasteiger charge is -2.36. The Morgan fingerprint density at radius 2 is 0.917 bits per heavy atom. The lowest BCUT2D eigenvalue weighted by Crippen LogP contribution is -2.41. The lowest BCUT2D eigenvalue weighted by atomic mass is 10.0. The Bertz CT molecular complexity index is 4240. The van der Waals surface area contributed by atoms with E-state index >= 15 is 0 Å². The second-order valence-electron chi connectivity index (χ2n) is 27.7. The number of non-ortho nitro benzene ring substituents is 2. The van der Waals surface area contributed by atoms with E-state index in [0.717, 1.165) is 123 Å². The highest BCUT2D eigenvalue weighted by molar-refractivity contribution is 7.98. The number of benzene rings is 7. The van der Waals surface area contributed by atoms with Gasteiger partial charge in [0.15, 0.2) is 13.5 Å². The van der Waals surface area contributed by atoms with Crippen molar-refractivity contribution >= 4 is 127 Å². The monoisotopic (exact) mass is 1590 g/mol.